The molecule has 0 bridgehead atoms. The standard InChI is InChI=1S/C13H23N3O2/c1-4-15-6-5-7-16(9-8-15)12(17)13(3)10-11(2)14-18-13/h4-10H2,1-3H3. The molecule has 1 atom stereocenters. The first-order valence-corrected chi connectivity index (χ1v) is 6.78. The van der Waals surface area contributed by atoms with Crippen LogP contribution in [0.15, 0.2) is 5.16 Å². The minimum Gasteiger partial charge on any atom is -0.379 e. The maximum atomic E-state index is 12.5. The Labute approximate surface area is 109 Å². The zero-order valence-corrected chi connectivity index (χ0v) is 11.6. The van der Waals surface area contributed by atoms with Gasteiger partial charge in [0.05, 0.1) is 5.71 Å². The van der Waals surface area contributed by atoms with Crippen molar-refractivity contribution in [1.29, 1.82) is 0 Å². The van der Waals surface area contributed by atoms with Crippen LogP contribution in [0.4, 0.5) is 0 Å². The van der Waals surface area contributed by atoms with E-state index in [1.54, 1.807) is 0 Å². The van der Waals surface area contributed by atoms with Crippen molar-refractivity contribution in [3.05, 3.63) is 0 Å². The fourth-order valence-corrected chi connectivity index (χ4v) is 2.67. The first-order valence-electron chi connectivity index (χ1n) is 6.78. The van der Waals surface area contributed by atoms with E-state index in [1.165, 1.54) is 0 Å². The molecule has 0 aromatic heterocycles. The molecule has 5 heteroatoms. The normalized spacial score (nSPS) is 29.7. The fourth-order valence-electron chi connectivity index (χ4n) is 2.67. The zero-order valence-electron chi connectivity index (χ0n) is 11.6. The Hall–Kier alpha value is -1.10. The number of hydrogen-bond donors (Lipinski definition) is 0. The summed E-state index contributed by atoms with van der Waals surface area (Å²) in [5, 5.41) is 3.92. The zero-order chi connectivity index (χ0) is 13.2. The molecule has 1 fully saturated rings. The quantitative estimate of drug-likeness (QED) is 0.740. The molecule has 0 N–H and O–H groups in total. The minimum absolute atomic E-state index is 0.0843. The Kier molecular flexibility index (Phi) is 3.90. The van der Waals surface area contributed by atoms with Crippen molar-refractivity contribution in [2.24, 2.45) is 5.16 Å². The summed E-state index contributed by atoms with van der Waals surface area (Å²) in [6.07, 6.45) is 1.65. The molecule has 18 heavy (non-hydrogen) atoms. The number of hydrogen-bond acceptors (Lipinski definition) is 4. The van der Waals surface area contributed by atoms with Crippen LogP contribution in [-0.2, 0) is 9.63 Å². The smallest absolute Gasteiger partial charge is 0.269 e. The second kappa shape index (κ2) is 5.26. The Morgan fingerprint density at radius 1 is 1.39 bits per heavy atom. The van der Waals surface area contributed by atoms with Gasteiger partial charge >= 0.3 is 0 Å². The van der Waals surface area contributed by atoms with Gasteiger partial charge in [0.2, 0.25) is 5.60 Å². The highest BCUT2D eigenvalue weighted by atomic mass is 16.7. The lowest BCUT2D eigenvalue weighted by atomic mass is 9.98. The Morgan fingerprint density at radius 3 is 2.78 bits per heavy atom. The van der Waals surface area contributed by atoms with Crippen molar-refractivity contribution in [1.82, 2.24) is 9.80 Å². The fraction of sp³-hybridized carbons (Fsp3) is 0.846. The number of carbonyl (C=O) groups is 1. The van der Waals surface area contributed by atoms with Crippen molar-refractivity contribution < 1.29 is 9.63 Å². The Balaban J connectivity index is 1.97. The van der Waals surface area contributed by atoms with Gasteiger partial charge in [0, 0.05) is 26.1 Å². The summed E-state index contributed by atoms with van der Waals surface area (Å²) in [6, 6.07) is 0. The second-order valence-electron chi connectivity index (χ2n) is 5.41. The van der Waals surface area contributed by atoms with Crippen LogP contribution in [0.25, 0.3) is 0 Å². The first kappa shape index (κ1) is 13.3. The summed E-state index contributed by atoms with van der Waals surface area (Å²) in [4.78, 5) is 22.2. The molecule has 0 saturated carbocycles. The molecule has 2 aliphatic rings. The molecule has 1 saturated heterocycles. The van der Waals surface area contributed by atoms with Crippen LogP contribution in [0, 0.1) is 0 Å². The maximum absolute atomic E-state index is 12.5. The molecule has 2 heterocycles. The number of rotatable bonds is 2. The number of carbonyl (C=O) groups excluding carboxylic acids is 1. The molecular formula is C13H23N3O2. The summed E-state index contributed by atoms with van der Waals surface area (Å²) >= 11 is 0. The molecule has 5 nitrogen and oxygen atoms in total. The molecule has 0 spiro atoms. The van der Waals surface area contributed by atoms with Crippen molar-refractivity contribution in [2.45, 2.75) is 39.2 Å². The molecule has 1 amide bonds. The number of oxime groups is 1. The van der Waals surface area contributed by atoms with Gasteiger partial charge in [-0.2, -0.15) is 0 Å². The lowest BCUT2D eigenvalue weighted by Crippen LogP contribution is -2.48. The third-order valence-electron chi connectivity index (χ3n) is 3.77. The lowest BCUT2D eigenvalue weighted by molar-refractivity contribution is -0.153. The summed E-state index contributed by atoms with van der Waals surface area (Å²) in [7, 11) is 0. The molecule has 102 valence electrons. The third kappa shape index (κ3) is 2.66. The third-order valence-corrected chi connectivity index (χ3v) is 3.77. The molecule has 0 aromatic rings. The number of amides is 1. The predicted molar refractivity (Wildman–Crippen MR) is 70.5 cm³/mol. The van der Waals surface area contributed by atoms with Gasteiger partial charge in [0.1, 0.15) is 0 Å². The number of nitrogens with zero attached hydrogens (tertiary/aromatic N) is 3. The van der Waals surface area contributed by atoms with Crippen LogP contribution in [-0.4, -0.2) is 59.7 Å². The van der Waals surface area contributed by atoms with Gasteiger partial charge in [0.25, 0.3) is 5.91 Å². The summed E-state index contributed by atoms with van der Waals surface area (Å²) < 4.78 is 0. The van der Waals surface area contributed by atoms with Crippen LogP contribution >= 0.6 is 0 Å². The van der Waals surface area contributed by atoms with Crippen molar-refractivity contribution >= 4 is 11.6 Å². The van der Waals surface area contributed by atoms with E-state index in [4.69, 9.17) is 4.84 Å². The lowest BCUT2D eigenvalue weighted by Gasteiger charge is -2.29. The van der Waals surface area contributed by atoms with Gasteiger partial charge in [-0.25, -0.2) is 0 Å². The highest BCUT2D eigenvalue weighted by Gasteiger charge is 2.43. The summed E-state index contributed by atoms with van der Waals surface area (Å²) in [5.41, 5.74) is 0.127. The van der Waals surface area contributed by atoms with E-state index in [0.717, 1.165) is 44.9 Å². The maximum Gasteiger partial charge on any atom is 0.269 e. The monoisotopic (exact) mass is 253 g/mol. The molecule has 0 radical (unpaired) electrons. The molecular weight excluding hydrogens is 230 g/mol. The molecule has 0 aromatic carbocycles. The van der Waals surface area contributed by atoms with E-state index in [9.17, 15) is 4.79 Å². The van der Waals surface area contributed by atoms with E-state index < -0.39 is 5.60 Å². The average molecular weight is 253 g/mol. The molecule has 2 aliphatic heterocycles. The van der Waals surface area contributed by atoms with Crippen molar-refractivity contribution in [3.8, 4) is 0 Å². The highest BCUT2D eigenvalue weighted by Crippen LogP contribution is 2.26. The van der Waals surface area contributed by atoms with Crippen LogP contribution in [0.5, 0.6) is 0 Å². The van der Waals surface area contributed by atoms with E-state index in [2.05, 4.69) is 17.0 Å². The largest absolute Gasteiger partial charge is 0.379 e. The molecule has 0 aliphatic carbocycles. The second-order valence-corrected chi connectivity index (χ2v) is 5.41. The van der Waals surface area contributed by atoms with Gasteiger partial charge < -0.3 is 14.6 Å². The SMILES string of the molecule is CCN1CCCN(C(=O)C2(C)CC(C)=NO2)CC1. The Morgan fingerprint density at radius 2 is 2.17 bits per heavy atom. The predicted octanol–water partition coefficient (Wildman–Crippen LogP) is 1.10. The highest BCUT2D eigenvalue weighted by molar-refractivity contribution is 5.94. The van der Waals surface area contributed by atoms with Gasteiger partial charge in [-0.05, 0) is 33.4 Å². The minimum atomic E-state index is -0.772. The number of likely N-dealkylation sites (N-methyl/N-ethyl adjacent to an activating group) is 1. The first-order chi connectivity index (χ1) is 8.55. The van der Waals surface area contributed by atoms with Gasteiger partial charge in [-0.15, -0.1) is 0 Å². The van der Waals surface area contributed by atoms with Crippen LogP contribution < -0.4 is 0 Å². The van der Waals surface area contributed by atoms with Gasteiger partial charge in [-0.1, -0.05) is 12.1 Å². The van der Waals surface area contributed by atoms with E-state index in [-0.39, 0.29) is 5.91 Å². The van der Waals surface area contributed by atoms with E-state index >= 15 is 0 Å². The van der Waals surface area contributed by atoms with E-state index in [0.29, 0.717) is 6.42 Å². The molecule has 2 rings (SSSR count). The topological polar surface area (TPSA) is 45.1 Å². The summed E-state index contributed by atoms with van der Waals surface area (Å²) in [5.74, 6) is 0.0843. The Bertz CT molecular complexity index is 356. The summed E-state index contributed by atoms with van der Waals surface area (Å²) in [6.45, 7) is 10.6. The van der Waals surface area contributed by atoms with Gasteiger partial charge in [0.15, 0.2) is 0 Å². The van der Waals surface area contributed by atoms with Crippen LogP contribution in [0.3, 0.4) is 0 Å². The average Bonchev–Trinajstić information content (AvgIpc) is 2.59. The molecule has 1 unspecified atom stereocenters. The van der Waals surface area contributed by atoms with Crippen LogP contribution in [0.1, 0.15) is 33.6 Å². The van der Waals surface area contributed by atoms with Gasteiger partial charge in [-0.3, -0.25) is 4.79 Å². The van der Waals surface area contributed by atoms with E-state index in [1.807, 2.05) is 18.7 Å². The van der Waals surface area contributed by atoms with Crippen molar-refractivity contribution in [3.63, 3.8) is 0 Å². The van der Waals surface area contributed by atoms with Crippen molar-refractivity contribution in [2.75, 3.05) is 32.7 Å². The van der Waals surface area contributed by atoms with Crippen LogP contribution in [0.2, 0.25) is 0 Å².